The third-order valence-electron chi connectivity index (χ3n) is 2.23. The molecule has 18 heavy (non-hydrogen) atoms. The molecule has 1 aromatic heterocycles. The first-order valence-corrected chi connectivity index (χ1v) is 6.20. The van der Waals surface area contributed by atoms with Crippen molar-refractivity contribution in [1.82, 2.24) is 9.97 Å². The fraction of sp³-hybridized carbons (Fsp3) is 0.692. The minimum atomic E-state index is -0.841. The minimum absolute atomic E-state index is 0.431. The predicted molar refractivity (Wildman–Crippen MR) is 70.3 cm³/mol. The molecule has 0 spiro atoms. The van der Waals surface area contributed by atoms with Crippen LogP contribution in [0, 0.1) is 6.92 Å². The number of aromatic amines is 1. The molecule has 0 aliphatic heterocycles. The molecular weight excluding hydrogens is 232 g/mol. The number of imidazole rings is 1. The normalized spacial score (nSPS) is 10.6. The van der Waals surface area contributed by atoms with Crippen LogP contribution in [0.2, 0.25) is 0 Å². The summed E-state index contributed by atoms with van der Waals surface area (Å²) in [4.78, 5) is 16.7. The first-order valence-electron chi connectivity index (χ1n) is 6.20. The molecule has 0 aromatic carbocycles. The SMILES string of the molecule is CCCc1nc(C(C)(C)O)c(C)[nH]1.CCOC=O. The lowest BCUT2D eigenvalue weighted by Gasteiger charge is -2.14. The molecule has 1 rings (SSSR count). The van der Waals surface area contributed by atoms with Gasteiger partial charge in [-0.3, -0.25) is 4.79 Å². The van der Waals surface area contributed by atoms with Crippen LogP contribution < -0.4 is 0 Å². The summed E-state index contributed by atoms with van der Waals surface area (Å²) in [5.41, 5.74) is 0.888. The third-order valence-corrected chi connectivity index (χ3v) is 2.23. The van der Waals surface area contributed by atoms with E-state index < -0.39 is 5.60 Å². The van der Waals surface area contributed by atoms with Gasteiger partial charge in [-0.1, -0.05) is 6.92 Å². The zero-order valence-corrected chi connectivity index (χ0v) is 11.9. The van der Waals surface area contributed by atoms with Crippen LogP contribution in [0.1, 0.15) is 51.3 Å². The van der Waals surface area contributed by atoms with Gasteiger partial charge < -0.3 is 14.8 Å². The average molecular weight is 256 g/mol. The van der Waals surface area contributed by atoms with Crippen molar-refractivity contribution in [3.8, 4) is 0 Å². The average Bonchev–Trinajstić information content (AvgIpc) is 2.62. The monoisotopic (exact) mass is 256 g/mol. The van der Waals surface area contributed by atoms with Crippen molar-refractivity contribution in [1.29, 1.82) is 0 Å². The molecule has 5 heteroatoms. The number of hydrogen-bond acceptors (Lipinski definition) is 4. The number of nitrogens with one attached hydrogen (secondary N) is 1. The Labute approximate surface area is 109 Å². The molecule has 0 radical (unpaired) electrons. The van der Waals surface area contributed by atoms with Gasteiger partial charge in [-0.25, -0.2) is 4.98 Å². The van der Waals surface area contributed by atoms with Gasteiger partial charge >= 0.3 is 0 Å². The molecule has 0 saturated carbocycles. The van der Waals surface area contributed by atoms with E-state index in [-0.39, 0.29) is 0 Å². The molecule has 1 heterocycles. The smallest absolute Gasteiger partial charge is 0.293 e. The van der Waals surface area contributed by atoms with Gasteiger partial charge in [0.05, 0.1) is 12.3 Å². The van der Waals surface area contributed by atoms with Gasteiger partial charge in [0, 0.05) is 12.1 Å². The number of carbonyl (C=O) groups is 1. The van der Waals surface area contributed by atoms with Crippen molar-refractivity contribution < 1.29 is 14.6 Å². The molecule has 0 fully saturated rings. The highest BCUT2D eigenvalue weighted by molar-refractivity contribution is 5.36. The predicted octanol–water partition coefficient (Wildman–Crippen LogP) is 2.08. The quantitative estimate of drug-likeness (QED) is 0.791. The highest BCUT2D eigenvalue weighted by Crippen LogP contribution is 2.21. The number of aromatic nitrogens is 2. The van der Waals surface area contributed by atoms with Crippen LogP contribution >= 0.6 is 0 Å². The van der Waals surface area contributed by atoms with E-state index in [0.29, 0.717) is 13.1 Å². The van der Waals surface area contributed by atoms with Gasteiger partial charge in [0.1, 0.15) is 11.4 Å². The summed E-state index contributed by atoms with van der Waals surface area (Å²) in [5, 5.41) is 9.77. The summed E-state index contributed by atoms with van der Waals surface area (Å²) in [7, 11) is 0. The van der Waals surface area contributed by atoms with Crippen LogP contribution in [-0.2, 0) is 21.6 Å². The van der Waals surface area contributed by atoms with Crippen LogP contribution in [0.3, 0.4) is 0 Å². The maximum Gasteiger partial charge on any atom is 0.293 e. The molecule has 0 unspecified atom stereocenters. The molecule has 5 nitrogen and oxygen atoms in total. The van der Waals surface area contributed by atoms with Crippen LogP contribution in [0.25, 0.3) is 0 Å². The van der Waals surface area contributed by atoms with Crippen molar-refractivity contribution in [3.05, 3.63) is 17.2 Å². The van der Waals surface area contributed by atoms with E-state index >= 15 is 0 Å². The van der Waals surface area contributed by atoms with E-state index in [1.165, 1.54) is 0 Å². The number of ether oxygens (including phenoxy) is 1. The summed E-state index contributed by atoms with van der Waals surface area (Å²) in [6.45, 7) is 10.2. The number of aryl methyl sites for hydroxylation is 2. The lowest BCUT2D eigenvalue weighted by molar-refractivity contribution is -0.128. The number of H-pyrrole nitrogens is 1. The zero-order valence-electron chi connectivity index (χ0n) is 11.9. The largest absolute Gasteiger partial charge is 0.468 e. The van der Waals surface area contributed by atoms with Crippen LogP contribution in [0.4, 0.5) is 0 Å². The Morgan fingerprint density at radius 1 is 1.44 bits per heavy atom. The molecule has 2 N–H and O–H groups in total. The second-order valence-electron chi connectivity index (χ2n) is 4.52. The van der Waals surface area contributed by atoms with Gasteiger partial charge in [-0.05, 0) is 34.1 Å². The molecule has 0 amide bonds. The Hall–Kier alpha value is -1.36. The number of hydrogen-bond donors (Lipinski definition) is 2. The van der Waals surface area contributed by atoms with E-state index in [4.69, 9.17) is 0 Å². The first-order chi connectivity index (χ1) is 8.36. The third kappa shape index (κ3) is 5.82. The van der Waals surface area contributed by atoms with Crippen LogP contribution in [0.15, 0.2) is 0 Å². The van der Waals surface area contributed by atoms with Gasteiger partial charge in [-0.2, -0.15) is 0 Å². The number of nitrogens with zero attached hydrogens (tertiary/aromatic N) is 1. The summed E-state index contributed by atoms with van der Waals surface area (Å²) in [5.74, 6) is 0.970. The molecule has 0 bridgehead atoms. The number of aliphatic hydroxyl groups is 1. The second-order valence-corrected chi connectivity index (χ2v) is 4.52. The minimum Gasteiger partial charge on any atom is -0.468 e. The highest BCUT2D eigenvalue weighted by Gasteiger charge is 2.22. The van der Waals surface area contributed by atoms with Crippen molar-refractivity contribution in [2.45, 2.75) is 53.1 Å². The molecule has 104 valence electrons. The van der Waals surface area contributed by atoms with Crippen LogP contribution in [0.5, 0.6) is 0 Å². The van der Waals surface area contributed by atoms with Crippen molar-refractivity contribution in [2.75, 3.05) is 6.61 Å². The molecule has 0 saturated heterocycles. The van der Waals surface area contributed by atoms with E-state index in [0.717, 1.165) is 30.1 Å². The Kier molecular flexibility index (Phi) is 7.27. The summed E-state index contributed by atoms with van der Waals surface area (Å²) < 4.78 is 4.15. The second kappa shape index (κ2) is 7.87. The van der Waals surface area contributed by atoms with Crippen LogP contribution in [-0.4, -0.2) is 28.2 Å². The fourth-order valence-corrected chi connectivity index (χ4v) is 1.54. The molecule has 1 aromatic rings. The summed E-state index contributed by atoms with van der Waals surface area (Å²) >= 11 is 0. The lowest BCUT2D eigenvalue weighted by Crippen LogP contribution is -2.17. The van der Waals surface area contributed by atoms with Crippen molar-refractivity contribution >= 4 is 6.47 Å². The van der Waals surface area contributed by atoms with E-state index in [1.807, 2.05) is 6.92 Å². The highest BCUT2D eigenvalue weighted by atomic mass is 16.5. The maximum atomic E-state index is 9.77. The Balaban J connectivity index is 0.000000494. The van der Waals surface area contributed by atoms with Gasteiger partial charge in [-0.15, -0.1) is 0 Å². The van der Waals surface area contributed by atoms with Crippen molar-refractivity contribution in [3.63, 3.8) is 0 Å². The first kappa shape index (κ1) is 16.6. The molecule has 0 aliphatic carbocycles. The summed E-state index contributed by atoms with van der Waals surface area (Å²) in [6.07, 6.45) is 2.01. The van der Waals surface area contributed by atoms with Gasteiger partial charge in [0.25, 0.3) is 6.47 Å². The Morgan fingerprint density at radius 3 is 2.33 bits per heavy atom. The zero-order chi connectivity index (χ0) is 14.2. The summed E-state index contributed by atoms with van der Waals surface area (Å²) in [6, 6.07) is 0. The number of rotatable bonds is 5. The molecular formula is C13H24N2O3. The molecule has 0 atom stereocenters. The fourth-order valence-electron chi connectivity index (χ4n) is 1.54. The van der Waals surface area contributed by atoms with E-state index in [2.05, 4.69) is 21.6 Å². The van der Waals surface area contributed by atoms with Gasteiger partial charge in [0.2, 0.25) is 0 Å². The van der Waals surface area contributed by atoms with Gasteiger partial charge in [0.15, 0.2) is 0 Å². The maximum absolute atomic E-state index is 9.77. The Bertz CT molecular complexity index is 354. The van der Waals surface area contributed by atoms with Crippen molar-refractivity contribution in [2.24, 2.45) is 0 Å². The lowest BCUT2D eigenvalue weighted by atomic mass is 10.0. The van der Waals surface area contributed by atoms with E-state index in [9.17, 15) is 9.90 Å². The number of carbonyl (C=O) groups excluding carboxylic acids is 1. The topological polar surface area (TPSA) is 75.2 Å². The van der Waals surface area contributed by atoms with E-state index in [1.54, 1.807) is 20.8 Å². The standard InChI is InChI=1S/C10H18N2O.C3H6O2/c1-5-6-8-11-7(2)9(12-8)10(3,4)13;1-2-5-3-4/h13H,5-6H2,1-4H3,(H,11,12);3H,2H2,1H3. The molecule has 0 aliphatic rings. The Morgan fingerprint density at radius 2 is 2.06 bits per heavy atom.